The molecule has 10 nitrogen and oxygen atoms in total. The van der Waals surface area contributed by atoms with Gasteiger partial charge in [0.1, 0.15) is 23.9 Å². The number of methoxy groups -OCH3 is 3. The number of hydrogen-bond donors (Lipinski definition) is 1. The minimum absolute atomic E-state index is 0.0282. The van der Waals surface area contributed by atoms with E-state index in [1.54, 1.807) is 36.4 Å². The van der Waals surface area contributed by atoms with Crippen molar-refractivity contribution in [2.24, 2.45) is 0 Å². The minimum atomic E-state index is -1.09. The second kappa shape index (κ2) is 12.1. The van der Waals surface area contributed by atoms with Gasteiger partial charge in [0.25, 0.3) is 0 Å². The monoisotopic (exact) mass is 543 g/mol. The smallest absolute Gasteiger partial charge is 0.249 e. The van der Waals surface area contributed by atoms with Crippen molar-refractivity contribution in [3.63, 3.8) is 0 Å². The van der Waals surface area contributed by atoms with Crippen LogP contribution in [0.4, 0.5) is 5.69 Å². The standard InChI is InChI=1S/C30H33N5O5/c1-38-25-17-9-8-16-24(25)35(27(36)19-34-23-15-7-6-14-22(23)32-33-34)28(30(37)31-20-11-4-5-12-20)21-13-10-18-26(39-2)29(21)40-3/h6-10,13-18,20,28H,4-5,11-12,19H2,1-3H3,(H,31,37). The third kappa shape index (κ3) is 5.29. The molecule has 1 fully saturated rings. The molecule has 1 unspecified atom stereocenters. The van der Waals surface area contributed by atoms with E-state index in [0.29, 0.717) is 39.5 Å². The molecule has 5 rings (SSSR count). The predicted octanol–water partition coefficient (Wildman–Crippen LogP) is 4.29. The van der Waals surface area contributed by atoms with Crippen LogP contribution in [0.1, 0.15) is 37.3 Å². The molecule has 1 atom stereocenters. The van der Waals surface area contributed by atoms with Crippen LogP contribution in [0.5, 0.6) is 17.2 Å². The fourth-order valence-electron chi connectivity index (χ4n) is 5.36. The van der Waals surface area contributed by atoms with Gasteiger partial charge in [-0.3, -0.25) is 14.5 Å². The molecule has 1 saturated carbocycles. The number of carbonyl (C=O) groups is 2. The number of amides is 2. The van der Waals surface area contributed by atoms with Gasteiger partial charge in [-0.2, -0.15) is 0 Å². The molecule has 2 amide bonds. The van der Waals surface area contributed by atoms with Crippen LogP contribution in [0.2, 0.25) is 0 Å². The molecule has 1 N–H and O–H groups in total. The van der Waals surface area contributed by atoms with E-state index >= 15 is 0 Å². The predicted molar refractivity (Wildman–Crippen MR) is 151 cm³/mol. The maximum Gasteiger partial charge on any atom is 0.249 e. The van der Waals surface area contributed by atoms with Crippen molar-refractivity contribution in [2.45, 2.75) is 44.3 Å². The van der Waals surface area contributed by atoms with E-state index in [4.69, 9.17) is 14.2 Å². The van der Waals surface area contributed by atoms with Crippen molar-refractivity contribution in [1.82, 2.24) is 20.3 Å². The van der Waals surface area contributed by atoms with Crippen molar-refractivity contribution in [1.29, 1.82) is 0 Å². The number of nitrogens with zero attached hydrogens (tertiary/aromatic N) is 4. The number of para-hydroxylation sites is 4. The molecule has 4 aromatic rings. The highest BCUT2D eigenvalue weighted by Gasteiger charge is 2.38. The highest BCUT2D eigenvalue weighted by atomic mass is 16.5. The Hall–Kier alpha value is -4.60. The lowest BCUT2D eigenvalue weighted by Crippen LogP contribution is -2.47. The lowest BCUT2D eigenvalue weighted by atomic mass is 10.00. The first-order chi connectivity index (χ1) is 19.5. The van der Waals surface area contributed by atoms with Gasteiger partial charge < -0.3 is 19.5 Å². The summed E-state index contributed by atoms with van der Waals surface area (Å²) in [6.45, 7) is -0.155. The molecule has 0 bridgehead atoms. The molecular formula is C30H33N5O5. The summed E-state index contributed by atoms with van der Waals surface area (Å²) in [5.74, 6) is 0.571. The maximum atomic E-state index is 14.4. The molecule has 0 radical (unpaired) electrons. The SMILES string of the molecule is COc1ccccc1N(C(=O)Cn1nnc2ccccc21)C(C(=O)NC1CCCC1)c1cccc(OC)c1OC. The molecular weight excluding hydrogens is 510 g/mol. The second-order valence-electron chi connectivity index (χ2n) is 9.65. The molecule has 1 aromatic heterocycles. The molecule has 208 valence electrons. The van der Waals surface area contributed by atoms with Crippen molar-refractivity contribution >= 4 is 28.5 Å². The summed E-state index contributed by atoms with van der Waals surface area (Å²) in [4.78, 5) is 30.1. The average Bonchev–Trinajstić information content (AvgIpc) is 3.65. The largest absolute Gasteiger partial charge is 0.495 e. The van der Waals surface area contributed by atoms with Gasteiger partial charge in [-0.15, -0.1) is 5.10 Å². The zero-order chi connectivity index (χ0) is 28.1. The summed E-state index contributed by atoms with van der Waals surface area (Å²) in [7, 11) is 4.59. The average molecular weight is 544 g/mol. The zero-order valence-electron chi connectivity index (χ0n) is 22.9. The fraction of sp³-hybridized carbons (Fsp3) is 0.333. The van der Waals surface area contributed by atoms with Gasteiger partial charge >= 0.3 is 0 Å². The summed E-state index contributed by atoms with van der Waals surface area (Å²) in [5, 5.41) is 11.6. The lowest BCUT2D eigenvalue weighted by molar-refractivity contribution is -0.127. The molecule has 1 aliphatic rings. The quantitative estimate of drug-likeness (QED) is 0.318. The van der Waals surface area contributed by atoms with E-state index in [1.807, 2.05) is 30.3 Å². The topological polar surface area (TPSA) is 108 Å². The molecule has 0 aliphatic heterocycles. The van der Waals surface area contributed by atoms with E-state index in [0.717, 1.165) is 25.7 Å². The first kappa shape index (κ1) is 27.0. The molecule has 1 heterocycles. The molecule has 3 aromatic carbocycles. The Morgan fingerprint density at radius 2 is 1.62 bits per heavy atom. The third-order valence-corrected chi connectivity index (χ3v) is 7.25. The summed E-state index contributed by atoms with van der Waals surface area (Å²) in [6, 6.07) is 18.8. The van der Waals surface area contributed by atoms with Crippen LogP contribution in [0, 0.1) is 0 Å². The van der Waals surface area contributed by atoms with Gasteiger partial charge in [-0.1, -0.05) is 54.5 Å². The van der Waals surface area contributed by atoms with Crippen LogP contribution in [-0.2, 0) is 16.1 Å². The Bertz CT molecular complexity index is 1500. The molecule has 0 saturated heterocycles. The number of anilines is 1. The summed E-state index contributed by atoms with van der Waals surface area (Å²) >= 11 is 0. The van der Waals surface area contributed by atoms with E-state index < -0.39 is 6.04 Å². The van der Waals surface area contributed by atoms with Crippen LogP contribution in [0.3, 0.4) is 0 Å². The first-order valence-corrected chi connectivity index (χ1v) is 13.3. The molecule has 10 heteroatoms. The lowest BCUT2D eigenvalue weighted by Gasteiger charge is -2.34. The number of hydrogen-bond acceptors (Lipinski definition) is 7. The zero-order valence-corrected chi connectivity index (χ0v) is 22.9. The van der Waals surface area contributed by atoms with E-state index in [-0.39, 0.29) is 24.4 Å². The minimum Gasteiger partial charge on any atom is -0.495 e. The van der Waals surface area contributed by atoms with Crippen molar-refractivity contribution in [2.75, 3.05) is 26.2 Å². The Morgan fingerprint density at radius 3 is 2.38 bits per heavy atom. The van der Waals surface area contributed by atoms with Crippen molar-refractivity contribution in [3.05, 3.63) is 72.3 Å². The van der Waals surface area contributed by atoms with Gasteiger partial charge in [0.2, 0.25) is 11.8 Å². The van der Waals surface area contributed by atoms with Crippen LogP contribution >= 0.6 is 0 Å². The number of aromatic nitrogens is 3. The number of rotatable bonds is 10. The van der Waals surface area contributed by atoms with Gasteiger partial charge in [-0.05, 0) is 43.2 Å². The summed E-state index contributed by atoms with van der Waals surface area (Å²) in [5.41, 5.74) is 2.31. The van der Waals surface area contributed by atoms with Crippen molar-refractivity contribution in [3.8, 4) is 17.2 Å². The Morgan fingerprint density at radius 1 is 0.925 bits per heavy atom. The summed E-state index contributed by atoms with van der Waals surface area (Å²) < 4.78 is 18.5. The normalized spacial score (nSPS) is 14.1. The van der Waals surface area contributed by atoms with Gasteiger partial charge in [0, 0.05) is 11.6 Å². The first-order valence-electron chi connectivity index (χ1n) is 13.3. The number of ether oxygens (including phenoxy) is 3. The van der Waals surface area contributed by atoms with Crippen molar-refractivity contribution < 1.29 is 23.8 Å². The number of benzene rings is 3. The van der Waals surface area contributed by atoms with Crippen LogP contribution in [-0.4, -0.2) is 54.2 Å². The Labute approximate surface area is 232 Å². The van der Waals surface area contributed by atoms with Crippen LogP contribution < -0.4 is 24.4 Å². The Balaban J connectivity index is 1.66. The van der Waals surface area contributed by atoms with Gasteiger partial charge in [-0.25, -0.2) is 4.68 Å². The number of nitrogens with one attached hydrogen (secondary N) is 1. The summed E-state index contributed by atoms with van der Waals surface area (Å²) in [6.07, 6.45) is 3.88. The number of fused-ring (bicyclic) bond motifs is 1. The van der Waals surface area contributed by atoms with E-state index in [2.05, 4.69) is 15.6 Å². The third-order valence-electron chi connectivity index (χ3n) is 7.25. The highest BCUT2D eigenvalue weighted by Crippen LogP contribution is 2.41. The molecule has 1 aliphatic carbocycles. The van der Waals surface area contributed by atoms with Gasteiger partial charge in [0.05, 0.1) is 32.5 Å². The Kier molecular flexibility index (Phi) is 8.14. The highest BCUT2D eigenvalue weighted by molar-refractivity contribution is 6.03. The van der Waals surface area contributed by atoms with Crippen LogP contribution in [0.15, 0.2) is 66.7 Å². The number of carbonyl (C=O) groups excluding carboxylic acids is 2. The second-order valence-corrected chi connectivity index (χ2v) is 9.65. The molecule has 40 heavy (non-hydrogen) atoms. The van der Waals surface area contributed by atoms with Gasteiger partial charge in [0.15, 0.2) is 11.5 Å². The maximum absolute atomic E-state index is 14.4. The molecule has 0 spiro atoms. The van der Waals surface area contributed by atoms with Crippen LogP contribution in [0.25, 0.3) is 11.0 Å². The van der Waals surface area contributed by atoms with E-state index in [9.17, 15) is 9.59 Å². The van der Waals surface area contributed by atoms with E-state index in [1.165, 1.54) is 30.9 Å². The fourth-order valence-corrected chi connectivity index (χ4v) is 5.36.